The van der Waals surface area contributed by atoms with Gasteiger partial charge >= 0.3 is 0 Å². The standard InChI is InChI=1S/C14H27NO/c1-11(2)15-7-5-14(6-8-15)10-12(14)9-13(3,4)16/h11-12,16H,5-10H2,1-4H3. The first kappa shape index (κ1) is 12.4. The molecule has 2 rings (SSSR count). The van der Waals surface area contributed by atoms with E-state index in [2.05, 4.69) is 18.7 Å². The molecule has 1 unspecified atom stereocenters. The number of aliphatic hydroxyl groups is 1. The van der Waals surface area contributed by atoms with E-state index in [0.29, 0.717) is 11.5 Å². The normalized spacial score (nSPS) is 30.0. The summed E-state index contributed by atoms with van der Waals surface area (Å²) in [4.78, 5) is 2.59. The summed E-state index contributed by atoms with van der Waals surface area (Å²) < 4.78 is 0. The number of hydrogen-bond donors (Lipinski definition) is 1. The van der Waals surface area contributed by atoms with Crippen molar-refractivity contribution in [3.05, 3.63) is 0 Å². The van der Waals surface area contributed by atoms with Crippen molar-refractivity contribution in [2.75, 3.05) is 13.1 Å². The van der Waals surface area contributed by atoms with Crippen LogP contribution in [-0.2, 0) is 0 Å². The zero-order valence-corrected chi connectivity index (χ0v) is 11.3. The average Bonchev–Trinajstić information content (AvgIpc) is 2.75. The molecule has 0 radical (unpaired) electrons. The highest BCUT2D eigenvalue weighted by molar-refractivity contribution is 5.06. The van der Waals surface area contributed by atoms with Crippen LogP contribution in [0.4, 0.5) is 0 Å². The molecule has 0 aromatic rings. The third kappa shape index (κ3) is 2.60. The zero-order chi connectivity index (χ0) is 12.0. The van der Waals surface area contributed by atoms with Gasteiger partial charge in [0.1, 0.15) is 0 Å². The molecule has 1 heterocycles. The number of rotatable bonds is 3. The van der Waals surface area contributed by atoms with Crippen LogP contribution >= 0.6 is 0 Å². The maximum Gasteiger partial charge on any atom is 0.0594 e. The Morgan fingerprint density at radius 2 is 1.88 bits per heavy atom. The smallest absolute Gasteiger partial charge is 0.0594 e. The minimum Gasteiger partial charge on any atom is -0.390 e. The van der Waals surface area contributed by atoms with Crippen molar-refractivity contribution in [2.45, 2.75) is 65.0 Å². The maximum absolute atomic E-state index is 9.87. The van der Waals surface area contributed by atoms with Crippen molar-refractivity contribution in [1.29, 1.82) is 0 Å². The molecule has 16 heavy (non-hydrogen) atoms. The quantitative estimate of drug-likeness (QED) is 0.798. The second-order valence-corrected chi connectivity index (χ2v) is 6.91. The van der Waals surface area contributed by atoms with E-state index in [0.717, 1.165) is 12.3 Å². The van der Waals surface area contributed by atoms with Gasteiger partial charge in [-0.05, 0) is 77.8 Å². The van der Waals surface area contributed by atoms with Crippen LogP contribution in [0.2, 0.25) is 0 Å². The Labute approximate surface area is 100 Å². The van der Waals surface area contributed by atoms with Gasteiger partial charge < -0.3 is 10.0 Å². The number of piperidine rings is 1. The van der Waals surface area contributed by atoms with Crippen LogP contribution in [0, 0.1) is 11.3 Å². The van der Waals surface area contributed by atoms with Crippen molar-refractivity contribution in [1.82, 2.24) is 4.90 Å². The summed E-state index contributed by atoms with van der Waals surface area (Å²) in [5.41, 5.74) is 0.148. The van der Waals surface area contributed by atoms with Gasteiger partial charge in [-0.1, -0.05) is 0 Å². The molecule has 0 aromatic carbocycles. The molecule has 1 aliphatic carbocycles. The van der Waals surface area contributed by atoms with Crippen molar-refractivity contribution in [2.24, 2.45) is 11.3 Å². The van der Waals surface area contributed by atoms with Crippen LogP contribution in [0.1, 0.15) is 53.4 Å². The van der Waals surface area contributed by atoms with E-state index in [1.165, 1.54) is 32.4 Å². The van der Waals surface area contributed by atoms with E-state index in [-0.39, 0.29) is 0 Å². The van der Waals surface area contributed by atoms with E-state index in [1.54, 1.807) is 0 Å². The Morgan fingerprint density at radius 3 is 2.31 bits per heavy atom. The van der Waals surface area contributed by atoms with Crippen LogP contribution in [-0.4, -0.2) is 34.7 Å². The third-order valence-corrected chi connectivity index (χ3v) is 4.63. The Bertz CT molecular complexity index is 246. The van der Waals surface area contributed by atoms with Crippen LogP contribution in [0.5, 0.6) is 0 Å². The summed E-state index contributed by atoms with van der Waals surface area (Å²) in [6.45, 7) is 11.0. The Kier molecular flexibility index (Phi) is 3.09. The molecule has 0 amide bonds. The van der Waals surface area contributed by atoms with Crippen LogP contribution < -0.4 is 0 Å². The van der Waals surface area contributed by atoms with E-state index in [1.807, 2.05) is 13.8 Å². The lowest BCUT2D eigenvalue weighted by molar-refractivity contribution is 0.0533. The van der Waals surface area contributed by atoms with E-state index >= 15 is 0 Å². The van der Waals surface area contributed by atoms with Gasteiger partial charge in [-0.2, -0.15) is 0 Å². The molecule has 1 atom stereocenters. The molecule has 0 aromatic heterocycles. The molecule has 2 aliphatic rings. The highest BCUT2D eigenvalue weighted by Crippen LogP contribution is 2.62. The molecule has 94 valence electrons. The van der Waals surface area contributed by atoms with Crippen LogP contribution in [0.25, 0.3) is 0 Å². The first-order valence-corrected chi connectivity index (χ1v) is 6.79. The second-order valence-electron chi connectivity index (χ2n) is 6.91. The Morgan fingerprint density at radius 1 is 1.31 bits per heavy atom. The molecular formula is C14H27NO. The fourth-order valence-electron chi connectivity index (χ4n) is 3.42. The monoisotopic (exact) mass is 225 g/mol. The fourth-order valence-corrected chi connectivity index (χ4v) is 3.42. The summed E-state index contributed by atoms with van der Waals surface area (Å²) in [5.74, 6) is 0.793. The predicted octanol–water partition coefficient (Wildman–Crippen LogP) is 2.66. The highest BCUT2D eigenvalue weighted by atomic mass is 16.3. The second kappa shape index (κ2) is 3.99. The summed E-state index contributed by atoms with van der Waals surface area (Å²) in [5, 5.41) is 9.87. The predicted molar refractivity (Wildman–Crippen MR) is 67.4 cm³/mol. The summed E-state index contributed by atoms with van der Waals surface area (Å²) >= 11 is 0. The lowest BCUT2D eigenvalue weighted by atomic mass is 9.87. The molecule has 1 aliphatic heterocycles. The topological polar surface area (TPSA) is 23.5 Å². The number of nitrogens with zero attached hydrogens (tertiary/aromatic N) is 1. The van der Waals surface area contributed by atoms with E-state index < -0.39 is 5.60 Å². The molecule has 1 saturated heterocycles. The summed E-state index contributed by atoms with van der Waals surface area (Å²) in [6, 6.07) is 0.698. The maximum atomic E-state index is 9.87. The lowest BCUT2D eigenvalue weighted by Gasteiger charge is -2.36. The molecule has 2 fully saturated rings. The molecule has 1 N–H and O–H groups in total. The van der Waals surface area contributed by atoms with E-state index in [4.69, 9.17) is 0 Å². The molecular weight excluding hydrogens is 198 g/mol. The van der Waals surface area contributed by atoms with Gasteiger partial charge in [-0.15, -0.1) is 0 Å². The molecule has 0 bridgehead atoms. The van der Waals surface area contributed by atoms with Crippen molar-refractivity contribution < 1.29 is 5.11 Å². The van der Waals surface area contributed by atoms with Crippen molar-refractivity contribution in [3.8, 4) is 0 Å². The van der Waals surface area contributed by atoms with Crippen LogP contribution in [0.3, 0.4) is 0 Å². The minimum absolute atomic E-state index is 0.469. The number of hydrogen-bond acceptors (Lipinski definition) is 2. The van der Waals surface area contributed by atoms with Crippen molar-refractivity contribution >= 4 is 0 Å². The van der Waals surface area contributed by atoms with Gasteiger partial charge in [0.15, 0.2) is 0 Å². The van der Waals surface area contributed by atoms with Crippen molar-refractivity contribution in [3.63, 3.8) is 0 Å². The van der Waals surface area contributed by atoms with Gasteiger partial charge in [0.25, 0.3) is 0 Å². The average molecular weight is 225 g/mol. The molecule has 2 nitrogen and oxygen atoms in total. The fraction of sp³-hybridized carbons (Fsp3) is 1.00. The van der Waals surface area contributed by atoms with Crippen LogP contribution in [0.15, 0.2) is 0 Å². The Balaban J connectivity index is 1.82. The minimum atomic E-state index is -0.469. The molecule has 1 saturated carbocycles. The molecule has 2 heteroatoms. The van der Waals surface area contributed by atoms with Gasteiger partial charge in [0.05, 0.1) is 5.60 Å². The third-order valence-electron chi connectivity index (χ3n) is 4.63. The zero-order valence-electron chi connectivity index (χ0n) is 11.3. The van der Waals surface area contributed by atoms with Gasteiger partial charge in [-0.25, -0.2) is 0 Å². The molecule has 1 spiro atoms. The number of likely N-dealkylation sites (tertiary alicyclic amines) is 1. The summed E-state index contributed by atoms with van der Waals surface area (Å²) in [7, 11) is 0. The largest absolute Gasteiger partial charge is 0.390 e. The van der Waals surface area contributed by atoms with Gasteiger partial charge in [0, 0.05) is 6.04 Å². The lowest BCUT2D eigenvalue weighted by Crippen LogP contribution is -2.39. The summed E-state index contributed by atoms with van der Waals surface area (Å²) in [6.07, 6.45) is 5.06. The van der Waals surface area contributed by atoms with E-state index in [9.17, 15) is 5.11 Å². The Hall–Kier alpha value is -0.0800. The first-order chi connectivity index (χ1) is 7.32. The van der Waals surface area contributed by atoms with Gasteiger partial charge in [0.2, 0.25) is 0 Å². The van der Waals surface area contributed by atoms with Gasteiger partial charge in [-0.3, -0.25) is 0 Å². The first-order valence-electron chi connectivity index (χ1n) is 6.79. The highest BCUT2D eigenvalue weighted by Gasteiger charge is 2.55. The SMILES string of the molecule is CC(C)N1CCC2(CC1)CC2CC(C)(C)O.